The SMILES string of the molecule is CCCCC(NC(=O)c1cccc(C(=O)NCCC)c1)C(=O)O. The average Bonchev–Trinajstić information content (AvgIpc) is 2.56. The molecule has 1 aromatic rings. The zero-order valence-electron chi connectivity index (χ0n) is 13.6. The molecule has 6 nitrogen and oxygen atoms in total. The van der Waals surface area contributed by atoms with Gasteiger partial charge < -0.3 is 15.7 Å². The number of carbonyl (C=O) groups excluding carboxylic acids is 2. The maximum atomic E-state index is 12.2. The van der Waals surface area contributed by atoms with Crippen LogP contribution < -0.4 is 10.6 Å². The van der Waals surface area contributed by atoms with Crippen molar-refractivity contribution >= 4 is 17.8 Å². The smallest absolute Gasteiger partial charge is 0.326 e. The van der Waals surface area contributed by atoms with Crippen LogP contribution in [-0.2, 0) is 4.79 Å². The molecule has 1 atom stereocenters. The molecule has 2 amide bonds. The van der Waals surface area contributed by atoms with E-state index < -0.39 is 17.9 Å². The van der Waals surface area contributed by atoms with Crippen LogP contribution >= 0.6 is 0 Å². The van der Waals surface area contributed by atoms with E-state index in [1.807, 2.05) is 13.8 Å². The zero-order valence-corrected chi connectivity index (χ0v) is 13.6. The number of unbranched alkanes of at least 4 members (excludes halogenated alkanes) is 1. The Morgan fingerprint density at radius 3 is 2.30 bits per heavy atom. The molecular weight excluding hydrogens is 296 g/mol. The van der Waals surface area contributed by atoms with Crippen molar-refractivity contribution in [2.75, 3.05) is 6.54 Å². The van der Waals surface area contributed by atoms with Gasteiger partial charge in [0.2, 0.25) is 0 Å². The molecule has 1 rings (SSSR count). The highest BCUT2D eigenvalue weighted by Gasteiger charge is 2.20. The Morgan fingerprint density at radius 2 is 1.74 bits per heavy atom. The molecule has 126 valence electrons. The van der Waals surface area contributed by atoms with Crippen LogP contribution in [-0.4, -0.2) is 35.5 Å². The van der Waals surface area contributed by atoms with Gasteiger partial charge in [-0.25, -0.2) is 4.79 Å². The quantitative estimate of drug-likeness (QED) is 0.650. The van der Waals surface area contributed by atoms with Crippen LogP contribution in [0.4, 0.5) is 0 Å². The van der Waals surface area contributed by atoms with Crippen LogP contribution in [0.5, 0.6) is 0 Å². The number of nitrogens with one attached hydrogen (secondary N) is 2. The van der Waals surface area contributed by atoms with Crippen molar-refractivity contribution in [2.24, 2.45) is 0 Å². The molecule has 0 aliphatic heterocycles. The van der Waals surface area contributed by atoms with Crippen molar-refractivity contribution in [2.45, 2.75) is 45.6 Å². The van der Waals surface area contributed by atoms with Gasteiger partial charge in [-0.1, -0.05) is 32.8 Å². The molecule has 0 aliphatic carbocycles. The first-order chi connectivity index (χ1) is 11.0. The first-order valence-electron chi connectivity index (χ1n) is 7.91. The summed E-state index contributed by atoms with van der Waals surface area (Å²) in [6.07, 6.45) is 2.78. The molecular formula is C17H24N2O4. The predicted molar refractivity (Wildman–Crippen MR) is 87.5 cm³/mol. The second kappa shape index (κ2) is 9.61. The Bertz CT molecular complexity index is 557. The number of benzene rings is 1. The maximum absolute atomic E-state index is 12.2. The lowest BCUT2D eigenvalue weighted by Gasteiger charge is -2.14. The van der Waals surface area contributed by atoms with Crippen LogP contribution in [0.15, 0.2) is 24.3 Å². The maximum Gasteiger partial charge on any atom is 0.326 e. The normalized spacial score (nSPS) is 11.6. The lowest BCUT2D eigenvalue weighted by molar-refractivity contribution is -0.139. The largest absolute Gasteiger partial charge is 0.480 e. The van der Waals surface area contributed by atoms with E-state index in [0.29, 0.717) is 18.5 Å². The third kappa shape index (κ3) is 6.10. The Hall–Kier alpha value is -2.37. The van der Waals surface area contributed by atoms with Crippen molar-refractivity contribution < 1.29 is 19.5 Å². The van der Waals surface area contributed by atoms with E-state index in [1.165, 1.54) is 6.07 Å². The van der Waals surface area contributed by atoms with Gasteiger partial charge in [-0.3, -0.25) is 9.59 Å². The van der Waals surface area contributed by atoms with Gasteiger partial charge in [-0.15, -0.1) is 0 Å². The molecule has 0 spiro atoms. The molecule has 0 fully saturated rings. The summed E-state index contributed by atoms with van der Waals surface area (Å²) in [4.78, 5) is 35.3. The third-order valence-corrected chi connectivity index (χ3v) is 3.37. The summed E-state index contributed by atoms with van der Waals surface area (Å²) < 4.78 is 0. The van der Waals surface area contributed by atoms with Crippen molar-refractivity contribution in [3.8, 4) is 0 Å². The van der Waals surface area contributed by atoms with Gasteiger partial charge in [-0.05, 0) is 31.0 Å². The van der Waals surface area contributed by atoms with E-state index in [2.05, 4.69) is 10.6 Å². The summed E-state index contributed by atoms with van der Waals surface area (Å²) in [5.74, 6) is -1.79. The number of rotatable bonds is 9. The fraction of sp³-hybridized carbons (Fsp3) is 0.471. The number of amides is 2. The lowest BCUT2D eigenvalue weighted by Crippen LogP contribution is -2.40. The van der Waals surface area contributed by atoms with E-state index in [0.717, 1.165) is 19.3 Å². The molecule has 1 aromatic carbocycles. The molecule has 0 aliphatic rings. The first kappa shape index (κ1) is 18.7. The summed E-state index contributed by atoms with van der Waals surface area (Å²) in [6, 6.07) is 5.34. The molecule has 0 bridgehead atoms. The Balaban J connectivity index is 2.79. The minimum absolute atomic E-state index is 0.248. The highest BCUT2D eigenvalue weighted by atomic mass is 16.4. The zero-order chi connectivity index (χ0) is 17.2. The van der Waals surface area contributed by atoms with Crippen LogP contribution in [0, 0.1) is 0 Å². The van der Waals surface area contributed by atoms with Crippen LogP contribution in [0.2, 0.25) is 0 Å². The summed E-state index contributed by atoms with van der Waals surface area (Å²) >= 11 is 0. The molecule has 3 N–H and O–H groups in total. The molecule has 1 unspecified atom stereocenters. The van der Waals surface area contributed by atoms with Crippen molar-refractivity contribution in [3.05, 3.63) is 35.4 Å². The van der Waals surface area contributed by atoms with Gasteiger partial charge >= 0.3 is 5.97 Å². The standard InChI is InChI=1S/C17H24N2O4/c1-3-5-9-14(17(22)23)19-16(21)13-8-6-7-12(11-13)15(20)18-10-4-2/h6-8,11,14H,3-5,9-10H2,1-2H3,(H,18,20)(H,19,21)(H,22,23). The number of carboxylic acids is 1. The predicted octanol–water partition coefficient (Wildman–Crippen LogP) is 2.20. The first-order valence-corrected chi connectivity index (χ1v) is 7.91. The molecule has 0 radical (unpaired) electrons. The topological polar surface area (TPSA) is 95.5 Å². The van der Waals surface area contributed by atoms with Gasteiger partial charge in [0.15, 0.2) is 0 Å². The molecule has 23 heavy (non-hydrogen) atoms. The molecule has 0 aromatic heterocycles. The highest BCUT2D eigenvalue weighted by molar-refractivity contribution is 6.00. The Morgan fingerprint density at radius 1 is 1.09 bits per heavy atom. The number of aliphatic carboxylic acids is 1. The van der Waals surface area contributed by atoms with Gasteiger partial charge in [-0.2, -0.15) is 0 Å². The Labute approximate surface area is 136 Å². The fourth-order valence-electron chi connectivity index (χ4n) is 2.05. The average molecular weight is 320 g/mol. The monoisotopic (exact) mass is 320 g/mol. The Kier molecular flexibility index (Phi) is 7.80. The van der Waals surface area contributed by atoms with Gasteiger partial charge in [0.05, 0.1) is 0 Å². The van der Waals surface area contributed by atoms with Crippen molar-refractivity contribution in [1.29, 1.82) is 0 Å². The van der Waals surface area contributed by atoms with Gasteiger partial charge in [0.25, 0.3) is 11.8 Å². The van der Waals surface area contributed by atoms with E-state index in [1.54, 1.807) is 18.2 Å². The molecule has 0 saturated carbocycles. The van der Waals surface area contributed by atoms with E-state index in [4.69, 9.17) is 5.11 Å². The molecule has 6 heteroatoms. The second-order valence-corrected chi connectivity index (χ2v) is 5.34. The van der Waals surface area contributed by atoms with E-state index in [-0.39, 0.29) is 11.5 Å². The second-order valence-electron chi connectivity index (χ2n) is 5.34. The summed E-state index contributed by atoms with van der Waals surface area (Å²) in [6.45, 7) is 4.47. The van der Waals surface area contributed by atoms with E-state index >= 15 is 0 Å². The van der Waals surface area contributed by atoms with Gasteiger partial charge in [0.1, 0.15) is 6.04 Å². The number of carbonyl (C=O) groups is 3. The number of hydrogen-bond acceptors (Lipinski definition) is 3. The molecule has 0 saturated heterocycles. The highest BCUT2D eigenvalue weighted by Crippen LogP contribution is 2.08. The minimum atomic E-state index is -1.05. The van der Waals surface area contributed by atoms with Crippen LogP contribution in [0.25, 0.3) is 0 Å². The minimum Gasteiger partial charge on any atom is -0.480 e. The summed E-state index contributed by atoms with van der Waals surface area (Å²) in [5, 5.41) is 14.4. The number of hydrogen-bond donors (Lipinski definition) is 3. The third-order valence-electron chi connectivity index (χ3n) is 3.37. The summed E-state index contributed by atoms with van der Waals surface area (Å²) in [7, 11) is 0. The molecule has 0 heterocycles. The number of carboxylic acid groups (broad SMARTS) is 1. The summed E-state index contributed by atoms with van der Waals surface area (Å²) in [5.41, 5.74) is 0.656. The lowest BCUT2D eigenvalue weighted by atomic mass is 10.1. The van der Waals surface area contributed by atoms with Crippen molar-refractivity contribution in [3.63, 3.8) is 0 Å². The van der Waals surface area contributed by atoms with Crippen LogP contribution in [0.1, 0.15) is 60.2 Å². The van der Waals surface area contributed by atoms with Crippen LogP contribution in [0.3, 0.4) is 0 Å². The van der Waals surface area contributed by atoms with Crippen molar-refractivity contribution in [1.82, 2.24) is 10.6 Å². The fourth-order valence-corrected chi connectivity index (χ4v) is 2.05. The van der Waals surface area contributed by atoms with E-state index in [9.17, 15) is 14.4 Å². The van der Waals surface area contributed by atoms with Gasteiger partial charge in [0, 0.05) is 17.7 Å².